The summed E-state index contributed by atoms with van der Waals surface area (Å²) in [5.41, 5.74) is 2.19. The van der Waals surface area contributed by atoms with Gasteiger partial charge >= 0.3 is 0 Å². The Bertz CT molecular complexity index is 404. The van der Waals surface area contributed by atoms with Gasteiger partial charge < -0.3 is 4.55 Å². The van der Waals surface area contributed by atoms with E-state index in [-0.39, 0.29) is 16.2 Å². The first-order chi connectivity index (χ1) is 8.51. The molecule has 0 unspecified atom stereocenters. The minimum absolute atomic E-state index is 0.0292. The van der Waals surface area contributed by atoms with Gasteiger partial charge in [-0.2, -0.15) is 0 Å². The number of hydrogen-bond acceptors (Lipinski definition) is 3. The summed E-state index contributed by atoms with van der Waals surface area (Å²) in [5.74, 6) is 0. The number of aromatic nitrogens is 1. The van der Waals surface area contributed by atoms with E-state index in [9.17, 15) is 4.55 Å². The zero-order valence-electron chi connectivity index (χ0n) is 13.1. The Kier molecular flexibility index (Phi) is 5.04. The topological polar surface area (TPSA) is 48.0 Å². The third kappa shape index (κ3) is 4.79. The molecule has 0 radical (unpaired) electrons. The SMILES string of the molecule is C[C@H](N[S@+]([O-])C(C)(C)C)c1ccc(C(C)(C)C)nc1. The van der Waals surface area contributed by atoms with Gasteiger partial charge in [-0.1, -0.05) is 26.8 Å². The van der Waals surface area contributed by atoms with Crippen molar-refractivity contribution in [3.05, 3.63) is 29.6 Å². The third-order valence-corrected chi connectivity index (χ3v) is 4.57. The van der Waals surface area contributed by atoms with Crippen molar-refractivity contribution in [2.45, 2.75) is 64.7 Å². The fraction of sp³-hybridized carbons (Fsp3) is 0.667. The third-order valence-electron chi connectivity index (χ3n) is 2.89. The summed E-state index contributed by atoms with van der Waals surface area (Å²) in [5, 5.41) is 0. The molecule has 0 aliphatic rings. The monoisotopic (exact) mass is 282 g/mol. The molecule has 1 aromatic rings. The standard InChI is InChI=1S/C15H26N2OS/c1-11(17-19(18)15(5,6)7)12-8-9-13(16-10-12)14(2,3)4/h8-11,17H,1-7H3/t11-,19+/m0/s1. The van der Waals surface area contributed by atoms with E-state index < -0.39 is 11.4 Å². The van der Waals surface area contributed by atoms with Crippen LogP contribution in [0.2, 0.25) is 0 Å². The van der Waals surface area contributed by atoms with Gasteiger partial charge in [0.25, 0.3) is 0 Å². The van der Waals surface area contributed by atoms with Crippen LogP contribution in [0, 0.1) is 0 Å². The molecule has 0 aliphatic carbocycles. The van der Waals surface area contributed by atoms with Crippen molar-refractivity contribution in [1.82, 2.24) is 9.71 Å². The lowest BCUT2D eigenvalue weighted by atomic mass is 9.91. The molecule has 0 aromatic carbocycles. The van der Waals surface area contributed by atoms with Gasteiger partial charge in [-0.05, 0) is 39.3 Å². The zero-order chi connectivity index (χ0) is 14.8. The van der Waals surface area contributed by atoms with Gasteiger partial charge in [-0.25, -0.2) is 0 Å². The highest BCUT2D eigenvalue weighted by Gasteiger charge is 2.28. The van der Waals surface area contributed by atoms with Gasteiger partial charge in [-0.15, -0.1) is 4.72 Å². The maximum Gasteiger partial charge on any atom is 0.136 e. The van der Waals surface area contributed by atoms with Crippen molar-refractivity contribution < 1.29 is 4.55 Å². The molecule has 0 bridgehead atoms. The Morgan fingerprint density at radius 1 is 1.16 bits per heavy atom. The second-order valence-corrected chi connectivity index (χ2v) is 8.95. The molecule has 19 heavy (non-hydrogen) atoms. The van der Waals surface area contributed by atoms with E-state index in [2.05, 4.69) is 36.5 Å². The van der Waals surface area contributed by atoms with Gasteiger partial charge in [-0.3, -0.25) is 4.98 Å². The lowest BCUT2D eigenvalue weighted by Crippen LogP contribution is -2.40. The van der Waals surface area contributed by atoms with E-state index in [1.54, 1.807) is 0 Å². The molecule has 1 aromatic heterocycles. The van der Waals surface area contributed by atoms with Gasteiger partial charge in [0, 0.05) is 28.7 Å². The summed E-state index contributed by atoms with van der Waals surface area (Å²) >= 11 is -1.07. The maximum absolute atomic E-state index is 12.1. The molecule has 0 saturated carbocycles. The highest BCUT2D eigenvalue weighted by Crippen LogP contribution is 2.23. The predicted molar refractivity (Wildman–Crippen MR) is 82.4 cm³/mol. The molecule has 108 valence electrons. The maximum atomic E-state index is 12.1. The molecule has 1 N–H and O–H groups in total. The minimum atomic E-state index is -1.07. The fourth-order valence-corrected chi connectivity index (χ4v) is 2.32. The predicted octanol–water partition coefficient (Wildman–Crippen LogP) is 3.49. The number of nitrogens with one attached hydrogen (secondary N) is 1. The first kappa shape index (κ1) is 16.5. The molecule has 0 fully saturated rings. The minimum Gasteiger partial charge on any atom is -0.598 e. The highest BCUT2D eigenvalue weighted by atomic mass is 32.2. The summed E-state index contributed by atoms with van der Waals surface area (Å²) in [6.45, 7) is 14.3. The van der Waals surface area contributed by atoms with Gasteiger partial charge in [0.05, 0.1) is 6.04 Å². The van der Waals surface area contributed by atoms with Crippen LogP contribution in [-0.2, 0) is 16.8 Å². The lowest BCUT2D eigenvalue weighted by Gasteiger charge is -2.26. The Hall–Kier alpha value is -0.580. The van der Waals surface area contributed by atoms with Crippen molar-refractivity contribution in [1.29, 1.82) is 0 Å². The van der Waals surface area contributed by atoms with Crippen LogP contribution < -0.4 is 4.72 Å². The largest absolute Gasteiger partial charge is 0.598 e. The zero-order valence-corrected chi connectivity index (χ0v) is 13.9. The van der Waals surface area contributed by atoms with Crippen LogP contribution in [0.15, 0.2) is 18.3 Å². The van der Waals surface area contributed by atoms with Crippen LogP contribution >= 0.6 is 0 Å². The second-order valence-electron chi connectivity index (χ2n) is 6.95. The summed E-state index contributed by atoms with van der Waals surface area (Å²) < 4.78 is 14.9. The Balaban J connectivity index is 2.76. The average molecular weight is 282 g/mol. The van der Waals surface area contributed by atoms with Crippen molar-refractivity contribution in [3.8, 4) is 0 Å². The van der Waals surface area contributed by atoms with Crippen molar-refractivity contribution in [2.75, 3.05) is 0 Å². The smallest absolute Gasteiger partial charge is 0.136 e. The normalized spacial score (nSPS) is 16.2. The molecule has 3 nitrogen and oxygen atoms in total. The molecule has 0 amide bonds. The van der Waals surface area contributed by atoms with E-state index in [1.807, 2.05) is 40.0 Å². The van der Waals surface area contributed by atoms with Crippen LogP contribution in [0.5, 0.6) is 0 Å². The second kappa shape index (κ2) is 5.81. The van der Waals surface area contributed by atoms with Crippen molar-refractivity contribution >= 4 is 11.4 Å². The molecule has 0 saturated heterocycles. The summed E-state index contributed by atoms with van der Waals surface area (Å²) in [7, 11) is 0. The molecule has 1 rings (SSSR count). The van der Waals surface area contributed by atoms with Gasteiger partial charge in [0.2, 0.25) is 0 Å². The van der Waals surface area contributed by atoms with E-state index in [4.69, 9.17) is 0 Å². The molecular formula is C15H26N2OS. The summed E-state index contributed by atoms with van der Waals surface area (Å²) in [6.07, 6.45) is 1.87. The van der Waals surface area contributed by atoms with E-state index in [0.29, 0.717) is 0 Å². The number of nitrogens with zero attached hydrogens (tertiary/aromatic N) is 1. The quantitative estimate of drug-likeness (QED) is 0.863. The van der Waals surface area contributed by atoms with Crippen LogP contribution in [0.4, 0.5) is 0 Å². The first-order valence-corrected chi connectivity index (χ1v) is 7.81. The fourth-order valence-electron chi connectivity index (χ4n) is 1.51. The number of rotatable bonds is 3. The van der Waals surface area contributed by atoms with E-state index in [1.165, 1.54) is 0 Å². The van der Waals surface area contributed by atoms with Crippen molar-refractivity contribution in [2.24, 2.45) is 0 Å². The first-order valence-electron chi connectivity index (χ1n) is 6.66. The van der Waals surface area contributed by atoms with Crippen LogP contribution in [0.3, 0.4) is 0 Å². The molecule has 2 atom stereocenters. The Morgan fingerprint density at radius 2 is 1.74 bits per heavy atom. The van der Waals surface area contributed by atoms with E-state index >= 15 is 0 Å². The van der Waals surface area contributed by atoms with Crippen LogP contribution in [0.1, 0.15) is 65.8 Å². The molecule has 1 heterocycles. The van der Waals surface area contributed by atoms with Gasteiger partial charge in [0.1, 0.15) is 4.75 Å². The molecular weight excluding hydrogens is 256 g/mol. The Morgan fingerprint density at radius 3 is 2.11 bits per heavy atom. The highest BCUT2D eigenvalue weighted by molar-refractivity contribution is 7.90. The Labute approximate surface area is 120 Å². The summed E-state index contributed by atoms with van der Waals surface area (Å²) in [6, 6.07) is 4.14. The van der Waals surface area contributed by atoms with Crippen LogP contribution in [-0.4, -0.2) is 14.3 Å². The molecule has 0 spiro atoms. The summed E-state index contributed by atoms with van der Waals surface area (Å²) in [4.78, 5) is 4.50. The number of pyridine rings is 1. The van der Waals surface area contributed by atoms with Crippen molar-refractivity contribution in [3.63, 3.8) is 0 Å². The average Bonchev–Trinajstić information content (AvgIpc) is 2.26. The van der Waals surface area contributed by atoms with E-state index in [0.717, 1.165) is 11.3 Å². The number of hydrogen-bond donors (Lipinski definition) is 1. The molecule has 4 heteroatoms. The van der Waals surface area contributed by atoms with Gasteiger partial charge in [0.15, 0.2) is 0 Å². The lowest BCUT2D eigenvalue weighted by molar-refractivity contribution is 0.530. The van der Waals surface area contributed by atoms with Crippen LogP contribution in [0.25, 0.3) is 0 Å². The molecule has 0 aliphatic heterocycles.